The lowest BCUT2D eigenvalue weighted by molar-refractivity contribution is 1.69. The van der Waals surface area contributed by atoms with Crippen LogP contribution in [0.4, 0.5) is 0 Å². The zero-order chi connectivity index (χ0) is 37.4. The van der Waals surface area contributed by atoms with Gasteiger partial charge in [-0.1, -0.05) is 146 Å². The van der Waals surface area contributed by atoms with Gasteiger partial charge in [0, 0.05) is 0 Å². The molecule has 14 aromatic carbocycles. The molecule has 0 nitrogen and oxygen atoms in total. The SMILES string of the molecule is c1ccc2c(c1)-c1cc(-c3ccc4c5cc6c(ccc7c6cc6c8ccccc8c8cccc7c86)cc5c5cccc3c54)cc3c1c-2cc1c2ccccc2ccc31. The van der Waals surface area contributed by atoms with Gasteiger partial charge in [-0.05, 0) is 188 Å². The Morgan fingerprint density at radius 2 is 0.655 bits per heavy atom. The van der Waals surface area contributed by atoms with Crippen LogP contribution >= 0.6 is 0 Å². The maximum Gasteiger partial charge on any atom is -0.00195 e. The molecule has 0 saturated heterocycles. The van der Waals surface area contributed by atoms with E-state index in [2.05, 4.69) is 182 Å². The number of rotatable bonds is 1. The molecular formula is C58H30. The minimum Gasteiger partial charge on any atom is -0.0616 e. The minimum atomic E-state index is 1.27. The summed E-state index contributed by atoms with van der Waals surface area (Å²) in [6.45, 7) is 0. The third-order valence-corrected chi connectivity index (χ3v) is 14.0. The van der Waals surface area contributed by atoms with Gasteiger partial charge in [0.1, 0.15) is 0 Å². The van der Waals surface area contributed by atoms with Gasteiger partial charge in [-0.15, -0.1) is 0 Å². The highest BCUT2D eigenvalue weighted by molar-refractivity contribution is 6.38. The van der Waals surface area contributed by atoms with Crippen molar-refractivity contribution >= 4 is 118 Å². The number of hydrogen-bond acceptors (Lipinski definition) is 0. The van der Waals surface area contributed by atoms with E-state index < -0.39 is 0 Å². The van der Waals surface area contributed by atoms with Gasteiger partial charge >= 0.3 is 0 Å². The molecule has 0 heterocycles. The van der Waals surface area contributed by atoms with Crippen LogP contribution in [-0.4, -0.2) is 0 Å². The molecule has 1 aliphatic rings. The van der Waals surface area contributed by atoms with E-state index >= 15 is 0 Å². The lowest BCUT2D eigenvalue weighted by Crippen LogP contribution is -1.87. The summed E-state index contributed by atoms with van der Waals surface area (Å²) in [6, 6.07) is 69.5. The summed E-state index contributed by atoms with van der Waals surface area (Å²) >= 11 is 0. The van der Waals surface area contributed by atoms with Crippen LogP contribution in [0.5, 0.6) is 0 Å². The Bertz CT molecular complexity index is 4180. The number of fused-ring (bicyclic) bond motifs is 17. The molecule has 0 bridgehead atoms. The Hall–Kier alpha value is -7.54. The van der Waals surface area contributed by atoms with E-state index in [-0.39, 0.29) is 0 Å². The van der Waals surface area contributed by atoms with Crippen LogP contribution in [0, 0.1) is 0 Å². The Morgan fingerprint density at radius 1 is 0.172 bits per heavy atom. The second-order valence-electron chi connectivity index (χ2n) is 16.7. The molecule has 0 atom stereocenters. The van der Waals surface area contributed by atoms with Crippen LogP contribution in [0.2, 0.25) is 0 Å². The molecule has 58 heavy (non-hydrogen) atoms. The quantitative estimate of drug-likeness (QED) is 0.148. The van der Waals surface area contributed by atoms with Crippen LogP contribution in [0.15, 0.2) is 182 Å². The average molecular weight is 727 g/mol. The van der Waals surface area contributed by atoms with E-state index in [1.165, 1.54) is 152 Å². The van der Waals surface area contributed by atoms with Crippen LogP contribution < -0.4 is 0 Å². The molecule has 15 rings (SSSR count). The third-order valence-electron chi connectivity index (χ3n) is 14.0. The molecule has 0 saturated carbocycles. The monoisotopic (exact) mass is 726 g/mol. The molecular weight excluding hydrogens is 697 g/mol. The van der Waals surface area contributed by atoms with Gasteiger partial charge in [-0.25, -0.2) is 0 Å². The number of benzene rings is 12. The topological polar surface area (TPSA) is 0 Å². The highest BCUT2D eigenvalue weighted by Gasteiger charge is 2.25. The van der Waals surface area contributed by atoms with E-state index in [1.807, 2.05) is 0 Å². The molecule has 0 aliphatic heterocycles. The fraction of sp³-hybridized carbons (Fsp3) is 0. The van der Waals surface area contributed by atoms with Gasteiger partial charge in [0.15, 0.2) is 0 Å². The smallest absolute Gasteiger partial charge is 0.00195 e. The largest absolute Gasteiger partial charge is 0.0616 e. The second kappa shape index (κ2) is 10.2. The highest BCUT2D eigenvalue weighted by Crippen LogP contribution is 2.53. The van der Waals surface area contributed by atoms with Crippen molar-refractivity contribution in [1.82, 2.24) is 0 Å². The summed E-state index contributed by atoms with van der Waals surface area (Å²) in [4.78, 5) is 0. The van der Waals surface area contributed by atoms with Gasteiger partial charge in [-0.3, -0.25) is 0 Å². The van der Waals surface area contributed by atoms with Gasteiger partial charge < -0.3 is 0 Å². The van der Waals surface area contributed by atoms with Crippen molar-refractivity contribution in [2.45, 2.75) is 0 Å². The van der Waals surface area contributed by atoms with E-state index in [4.69, 9.17) is 0 Å². The lowest BCUT2D eigenvalue weighted by Gasteiger charge is -2.14. The standard InChI is InChI=1S/C58H30/c1-2-10-34-31(9-1)19-21-41-49(34)29-55-39-14-6-5-13-38(39)52-26-33(27-53(41)58(52)55)35-23-24-46-51-28-47-32(25-48(51)45-18-7-15-42(35)56(45)46)20-22-40-44-17-8-16-43-36-11-3-4-12-37(36)54(57(43)44)30-50(40)47/h1-30H. The normalized spacial score (nSPS) is 12.8. The van der Waals surface area contributed by atoms with Crippen molar-refractivity contribution in [2.24, 2.45) is 0 Å². The molecule has 1 aliphatic carbocycles. The highest BCUT2D eigenvalue weighted by atomic mass is 14.3. The van der Waals surface area contributed by atoms with Crippen molar-refractivity contribution in [2.75, 3.05) is 0 Å². The third kappa shape index (κ3) is 3.51. The van der Waals surface area contributed by atoms with Crippen LogP contribution in [0.25, 0.3) is 152 Å². The summed E-state index contributed by atoms with van der Waals surface area (Å²) in [5, 5.41) is 29.3. The molecule has 0 N–H and O–H groups in total. The maximum atomic E-state index is 2.50. The first-order valence-corrected chi connectivity index (χ1v) is 20.4. The first-order valence-electron chi connectivity index (χ1n) is 20.4. The summed E-state index contributed by atoms with van der Waals surface area (Å²) in [5.41, 5.74) is 7.89. The zero-order valence-electron chi connectivity index (χ0n) is 31.3. The maximum absolute atomic E-state index is 2.50. The van der Waals surface area contributed by atoms with E-state index in [0.717, 1.165) is 0 Å². The van der Waals surface area contributed by atoms with Gasteiger partial charge in [-0.2, -0.15) is 0 Å². The van der Waals surface area contributed by atoms with Crippen molar-refractivity contribution < 1.29 is 0 Å². The second-order valence-corrected chi connectivity index (χ2v) is 16.7. The van der Waals surface area contributed by atoms with E-state index in [9.17, 15) is 0 Å². The van der Waals surface area contributed by atoms with E-state index in [0.29, 0.717) is 0 Å². The molecule has 262 valence electrons. The van der Waals surface area contributed by atoms with Gasteiger partial charge in [0.25, 0.3) is 0 Å². The first-order chi connectivity index (χ1) is 28.8. The summed E-state index contributed by atoms with van der Waals surface area (Å²) in [7, 11) is 0. The zero-order valence-corrected chi connectivity index (χ0v) is 31.3. The molecule has 0 radical (unpaired) electrons. The molecule has 0 amide bonds. The fourth-order valence-corrected chi connectivity index (χ4v) is 11.6. The van der Waals surface area contributed by atoms with Crippen molar-refractivity contribution in [1.29, 1.82) is 0 Å². The minimum absolute atomic E-state index is 1.27. The van der Waals surface area contributed by atoms with Crippen LogP contribution in [0.3, 0.4) is 0 Å². The summed E-state index contributed by atoms with van der Waals surface area (Å²) in [6.07, 6.45) is 0. The van der Waals surface area contributed by atoms with Crippen LogP contribution in [-0.2, 0) is 0 Å². The molecule has 14 aromatic rings. The average Bonchev–Trinajstić information content (AvgIpc) is 3.90. The summed E-state index contributed by atoms with van der Waals surface area (Å²) in [5.74, 6) is 0. The molecule has 0 unspecified atom stereocenters. The molecule has 0 spiro atoms. The molecule has 0 aromatic heterocycles. The van der Waals surface area contributed by atoms with Gasteiger partial charge in [0.05, 0.1) is 0 Å². The Morgan fingerprint density at radius 3 is 1.47 bits per heavy atom. The molecule has 0 fully saturated rings. The first kappa shape index (κ1) is 29.7. The predicted octanol–water partition coefficient (Wildman–Crippen LogP) is 16.6. The lowest BCUT2D eigenvalue weighted by atomic mass is 9.89. The summed E-state index contributed by atoms with van der Waals surface area (Å²) < 4.78 is 0. The van der Waals surface area contributed by atoms with Crippen molar-refractivity contribution in [3.63, 3.8) is 0 Å². The van der Waals surface area contributed by atoms with Crippen LogP contribution in [0.1, 0.15) is 0 Å². The number of hydrogen-bond donors (Lipinski definition) is 0. The van der Waals surface area contributed by atoms with Crippen molar-refractivity contribution in [3.05, 3.63) is 182 Å². The van der Waals surface area contributed by atoms with E-state index in [1.54, 1.807) is 0 Å². The Kier molecular flexibility index (Phi) is 5.25. The van der Waals surface area contributed by atoms with Crippen molar-refractivity contribution in [3.8, 4) is 33.4 Å². The fourth-order valence-electron chi connectivity index (χ4n) is 11.6. The Labute approximate surface area is 332 Å². The Balaban J connectivity index is 1.02. The predicted molar refractivity (Wildman–Crippen MR) is 251 cm³/mol. The molecule has 0 heteroatoms. The van der Waals surface area contributed by atoms with Gasteiger partial charge in [0.2, 0.25) is 0 Å².